The van der Waals surface area contributed by atoms with Crippen molar-refractivity contribution in [3.63, 3.8) is 0 Å². The number of rotatable bonds is 3. The van der Waals surface area contributed by atoms with E-state index in [9.17, 15) is 4.79 Å². The first-order chi connectivity index (χ1) is 8.55. The number of hydrogen-bond acceptors (Lipinski definition) is 3. The molecule has 0 radical (unpaired) electrons. The van der Waals surface area contributed by atoms with Crippen molar-refractivity contribution in [1.29, 1.82) is 0 Å². The zero-order valence-corrected chi connectivity index (χ0v) is 12.9. The third-order valence-electron chi connectivity index (χ3n) is 3.54. The van der Waals surface area contributed by atoms with Crippen LogP contribution in [0.1, 0.15) is 38.1 Å². The first-order valence-electron chi connectivity index (χ1n) is 6.17. The standard InChI is InChI=1S/C14H22ClN3O/c1-8(14(2,3)4)18(5)12-10(13(17)19)6-9(16)7-11(12)15/h6-8H,16H2,1-5H3,(H2,17,19). The van der Waals surface area contributed by atoms with E-state index < -0.39 is 5.91 Å². The van der Waals surface area contributed by atoms with Crippen LogP contribution in [0.2, 0.25) is 5.02 Å². The Hall–Kier alpha value is -1.42. The summed E-state index contributed by atoms with van der Waals surface area (Å²) in [5, 5.41) is 0.437. The van der Waals surface area contributed by atoms with Gasteiger partial charge in [-0.25, -0.2) is 0 Å². The number of hydrogen-bond donors (Lipinski definition) is 2. The molecule has 0 aliphatic heterocycles. The lowest BCUT2D eigenvalue weighted by Gasteiger charge is -2.38. The first-order valence-corrected chi connectivity index (χ1v) is 6.55. The van der Waals surface area contributed by atoms with E-state index in [4.69, 9.17) is 23.1 Å². The highest BCUT2D eigenvalue weighted by Gasteiger charge is 2.27. The summed E-state index contributed by atoms with van der Waals surface area (Å²) in [6.45, 7) is 8.47. The lowest BCUT2D eigenvalue weighted by Crippen LogP contribution is -2.40. The fourth-order valence-electron chi connectivity index (χ4n) is 1.94. The minimum absolute atomic E-state index is 0.0361. The van der Waals surface area contributed by atoms with E-state index in [0.29, 0.717) is 22.0 Å². The van der Waals surface area contributed by atoms with Gasteiger partial charge in [-0.15, -0.1) is 0 Å². The summed E-state index contributed by atoms with van der Waals surface area (Å²) in [4.78, 5) is 13.6. The molecule has 0 fully saturated rings. The van der Waals surface area contributed by atoms with Crippen molar-refractivity contribution >= 4 is 28.9 Å². The van der Waals surface area contributed by atoms with E-state index in [1.54, 1.807) is 12.1 Å². The van der Waals surface area contributed by atoms with Crippen molar-refractivity contribution < 1.29 is 4.79 Å². The summed E-state index contributed by atoms with van der Waals surface area (Å²) >= 11 is 6.24. The number of amides is 1. The number of primary amides is 1. The fraction of sp³-hybridized carbons (Fsp3) is 0.500. The number of nitrogens with two attached hydrogens (primary N) is 2. The first kappa shape index (κ1) is 15.6. The van der Waals surface area contributed by atoms with Gasteiger partial charge >= 0.3 is 0 Å². The summed E-state index contributed by atoms with van der Waals surface area (Å²) < 4.78 is 0. The summed E-state index contributed by atoms with van der Waals surface area (Å²) in [7, 11) is 1.90. The van der Waals surface area contributed by atoms with E-state index in [0.717, 1.165) is 0 Å². The monoisotopic (exact) mass is 283 g/mol. The molecule has 1 amide bonds. The summed E-state index contributed by atoms with van der Waals surface area (Å²) in [5.74, 6) is -0.530. The number of halogens is 1. The van der Waals surface area contributed by atoms with E-state index in [-0.39, 0.29) is 11.5 Å². The van der Waals surface area contributed by atoms with Crippen molar-refractivity contribution in [2.75, 3.05) is 17.7 Å². The SMILES string of the molecule is CC(N(C)c1c(Cl)cc(N)cc1C(N)=O)C(C)(C)C. The highest BCUT2D eigenvalue weighted by molar-refractivity contribution is 6.34. The Labute approximate surface area is 119 Å². The zero-order valence-electron chi connectivity index (χ0n) is 12.1. The van der Waals surface area contributed by atoms with Crippen LogP contribution in [0.3, 0.4) is 0 Å². The molecule has 1 atom stereocenters. The van der Waals surface area contributed by atoms with Gasteiger partial charge in [0.25, 0.3) is 5.91 Å². The number of carbonyl (C=O) groups excluding carboxylic acids is 1. The quantitative estimate of drug-likeness (QED) is 0.838. The van der Waals surface area contributed by atoms with E-state index >= 15 is 0 Å². The molecule has 4 N–H and O–H groups in total. The lowest BCUT2D eigenvalue weighted by molar-refractivity contribution is 0.100. The van der Waals surface area contributed by atoms with Crippen LogP contribution in [-0.4, -0.2) is 19.0 Å². The molecule has 5 heteroatoms. The molecular formula is C14H22ClN3O. The van der Waals surface area contributed by atoms with Gasteiger partial charge in [-0.3, -0.25) is 4.79 Å². The minimum Gasteiger partial charge on any atom is -0.399 e. The molecule has 0 spiro atoms. The van der Waals surface area contributed by atoms with Crippen molar-refractivity contribution in [1.82, 2.24) is 0 Å². The summed E-state index contributed by atoms with van der Waals surface area (Å²) in [6.07, 6.45) is 0. The Kier molecular flexibility index (Phi) is 4.35. The molecule has 0 aliphatic carbocycles. The largest absolute Gasteiger partial charge is 0.399 e. The molecule has 0 bridgehead atoms. The van der Waals surface area contributed by atoms with Crippen LogP contribution in [-0.2, 0) is 0 Å². The van der Waals surface area contributed by atoms with Crippen LogP contribution < -0.4 is 16.4 Å². The number of anilines is 2. The van der Waals surface area contributed by atoms with Gasteiger partial charge in [0.05, 0.1) is 16.3 Å². The molecule has 1 aromatic carbocycles. The summed E-state index contributed by atoms with van der Waals surface area (Å²) in [5.41, 5.74) is 12.6. The molecule has 1 unspecified atom stereocenters. The van der Waals surface area contributed by atoms with Crippen LogP contribution in [0.25, 0.3) is 0 Å². The molecule has 0 aromatic heterocycles. The second kappa shape index (κ2) is 5.29. The fourth-order valence-corrected chi connectivity index (χ4v) is 2.30. The minimum atomic E-state index is -0.530. The average molecular weight is 284 g/mol. The predicted molar refractivity (Wildman–Crippen MR) is 81.7 cm³/mol. The summed E-state index contributed by atoms with van der Waals surface area (Å²) in [6, 6.07) is 3.37. The molecule has 0 saturated carbocycles. The number of benzene rings is 1. The lowest BCUT2D eigenvalue weighted by atomic mass is 9.86. The maximum Gasteiger partial charge on any atom is 0.250 e. The van der Waals surface area contributed by atoms with Crippen molar-refractivity contribution in [3.05, 3.63) is 22.7 Å². The zero-order chi connectivity index (χ0) is 15.0. The van der Waals surface area contributed by atoms with Crippen LogP contribution in [0, 0.1) is 5.41 Å². The maximum absolute atomic E-state index is 11.6. The van der Waals surface area contributed by atoms with Crippen molar-refractivity contribution in [3.8, 4) is 0 Å². The van der Waals surface area contributed by atoms with Gasteiger partial charge < -0.3 is 16.4 Å². The third kappa shape index (κ3) is 3.32. The van der Waals surface area contributed by atoms with E-state index in [1.807, 2.05) is 11.9 Å². The Bertz CT molecular complexity index is 494. The van der Waals surface area contributed by atoms with Gasteiger partial charge in [-0.2, -0.15) is 0 Å². The number of nitrogens with zero attached hydrogens (tertiary/aromatic N) is 1. The Balaban J connectivity index is 3.37. The average Bonchev–Trinajstić information content (AvgIpc) is 2.24. The Morgan fingerprint density at radius 1 is 1.37 bits per heavy atom. The molecule has 0 heterocycles. The van der Waals surface area contributed by atoms with E-state index in [2.05, 4.69) is 27.7 Å². The number of nitrogen functional groups attached to an aromatic ring is 1. The van der Waals surface area contributed by atoms with Gasteiger partial charge in [-0.05, 0) is 24.5 Å². The van der Waals surface area contributed by atoms with Crippen LogP contribution in [0.5, 0.6) is 0 Å². The molecule has 4 nitrogen and oxygen atoms in total. The molecular weight excluding hydrogens is 262 g/mol. The maximum atomic E-state index is 11.6. The second-order valence-electron chi connectivity index (χ2n) is 5.92. The third-order valence-corrected chi connectivity index (χ3v) is 3.83. The highest BCUT2D eigenvalue weighted by atomic mass is 35.5. The molecule has 19 heavy (non-hydrogen) atoms. The smallest absolute Gasteiger partial charge is 0.250 e. The molecule has 0 aliphatic rings. The van der Waals surface area contributed by atoms with Gasteiger partial charge in [0, 0.05) is 18.8 Å². The van der Waals surface area contributed by atoms with Gasteiger partial charge in [0.15, 0.2) is 0 Å². The number of carbonyl (C=O) groups is 1. The van der Waals surface area contributed by atoms with Crippen LogP contribution in [0.4, 0.5) is 11.4 Å². The van der Waals surface area contributed by atoms with Crippen molar-refractivity contribution in [2.24, 2.45) is 11.1 Å². The topological polar surface area (TPSA) is 72.3 Å². The Morgan fingerprint density at radius 2 is 1.89 bits per heavy atom. The normalized spacial score (nSPS) is 13.2. The molecule has 1 rings (SSSR count). The van der Waals surface area contributed by atoms with Crippen LogP contribution >= 0.6 is 11.6 Å². The van der Waals surface area contributed by atoms with Gasteiger partial charge in [-0.1, -0.05) is 32.4 Å². The van der Waals surface area contributed by atoms with Gasteiger partial charge in [0.1, 0.15) is 0 Å². The van der Waals surface area contributed by atoms with Gasteiger partial charge in [0.2, 0.25) is 0 Å². The van der Waals surface area contributed by atoms with E-state index in [1.165, 1.54) is 0 Å². The molecule has 0 saturated heterocycles. The van der Waals surface area contributed by atoms with Crippen molar-refractivity contribution in [2.45, 2.75) is 33.7 Å². The van der Waals surface area contributed by atoms with Crippen LogP contribution in [0.15, 0.2) is 12.1 Å². The molecule has 1 aromatic rings. The highest BCUT2D eigenvalue weighted by Crippen LogP contribution is 2.36. The Morgan fingerprint density at radius 3 is 2.32 bits per heavy atom. The predicted octanol–water partition coefficient (Wildman–Crippen LogP) is 2.89. The second-order valence-corrected chi connectivity index (χ2v) is 6.32. The molecule has 106 valence electrons.